The molecule has 2 aromatic rings. The van der Waals surface area contributed by atoms with Crippen LogP contribution in [0.25, 0.3) is 11.1 Å². The zero-order valence-corrected chi connectivity index (χ0v) is 8.89. The molecule has 0 aliphatic rings. The number of hydrogen-bond acceptors (Lipinski definition) is 4. The number of oxazole rings is 1. The number of nitrogens with one attached hydrogen (secondary N) is 1. The van der Waals surface area contributed by atoms with E-state index in [9.17, 15) is 9.59 Å². The Morgan fingerprint density at radius 3 is 3.07 bits per heavy atom. The second kappa shape index (κ2) is 3.94. The Hall–Kier alpha value is -1.49. The van der Waals surface area contributed by atoms with E-state index in [1.54, 1.807) is 18.2 Å². The molecule has 0 radical (unpaired) electrons. The Kier molecular flexibility index (Phi) is 2.64. The molecule has 1 heterocycles. The highest BCUT2D eigenvalue weighted by Crippen LogP contribution is 2.13. The average molecular weight is 223 g/mol. The summed E-state index contributed by atoms with van der Waals surface area (Å²) in [5.74, 6) is -0.0148. The Labute approximate surface area is 89.7 Å². The summed E-state index contributed by atoms with van der Waals surface area (Å²) >= 11 is 1.47. The second-order valence-corrected chi connectivity index (χ2v) is 3.95. The van der Waals surface area contributed by atoms with E-state index in [2.05, 4.69) is 4.98 Å². The lowest BCUT2D eigenvalue weighted by Gasteiger charge is -1.97. The van der Waals surface area contributed by atoms with Gasteiger partial charge in [0.2, 0.25) is 0 Å². The number of fused-ring (bicyclic) bond motifs is 1. The van der Waals surface area contributed by atoms with Gasteiger partial charge in [-0.1, -0.05) is 0 Å². The Morgan fingerprint density at radius 1 is 1.53 bits per heavy atom. The molecule has 2 rings (SSSR count). The topological polar surface area (TPSA) is 63.1 Å². The van der Waals surface area contributed by atoms with Gasteiger partial charge in [0.05, 0.1) is 11.3 Å². The number of thioether (sulfide) groups is 1. The summed E-state index contributed by atoms with van der Waals surface area (Å²) in [6.45, 7) is 0. The van der Waals surface area contributed by atoms with E-state index >= 15 is 0 Å². The number of aromatic amines is 1. The molecule has 0 atom stereocenters. The standard InChI is InChI=1S/C10H9NO3S/c1-15-5-8(12)6-2-3-9-7(4-6)11-10(13)14-9/h2-4H,5H2,1H3,(H,11,13). The fourth-order valence-electron chi connectivity index (χ4n) is 1.34. The molecule has 0 amide bonds. The normalized spacial score (nSPS) is 10.7. The molecule has 0 unspecified atom stereocenters. The van der Waals surface area contributed by atoms with Crippen LogP contribution in [0.1, 0.15) is 10.4 Å². The number of Topliss-reactive ketones (excluding diaryl/α,β-unsaturated/α-hetero) is 1. The van der Waals surface area contributed by atoms with Gasteiger partial charge < -0.3 is 4.42 Å². The van der Waals surface area contributed by atoms with Crippen LogP contribution in [0.15, 0.2) is 27.4 Å². The van der Waals surface area contributed by atoms with Crippen molar-refractivity contribution in [3.8, 4) is 0 Å². The summed E-state index contributed by atoms with van der Waals surface area (Å²) in [7, 11) is 0. The monoisotopic (exact) mass is 223 g/mol. The van der Waals surface area contributed by atoms with Crippen LogP contribution in [0.2, 0.25) is 0 Å². The number of hydrogen-bond donors (Lipinski definition) is 1. The molecule has 15 heavy (non-hydrogen) atoms. The van der Waals surface area contributed by atoms with Crippen LogP contribution < -0.4 is 5.76 Å². The third-order valence-corrected chi connectivity index (χ3v) is 2.57. The van der Waals surface area contributed by atoms with Crippen LogP contribution >= 0.6 is 11.8 Å². The minimum absolute atomic E-state index is 0.0476. The lowest BCUT2D eigenvalue weighted by Crippen LogP contribution is -2.01. The summed E-state index contributed by atoms with van der Waals surface area (Å²) in [5, 5.41) is 0. The highest BCUT2D eigenvalue weighted by molar-refractivity contribution is 7.99. The van der Waals surface area contributed by atoms with E-state index in [1.165, 1.54) is 11.8 Å². The maximum atomic E-state index is 11.6. The molecule has 1 aromatic carbocycles. The van der Waals surface area contributed by atoms with E-state index < -0.39 is 5.76 Å². The largest absolute Gasteiger partial charge is 0.417 e. The first-order valence-corrected chi connectivity index (χ1v) is 5.75. The van der Waals surface area contributed by atoms with E-state index in [-0.39, 0.29) is 5.78 Å². The molecular weight excluding hydrogens is 214 g/mol. The summed E-state index contributed by atoms with van der Waals surface area (Å²) in [6, 6.07) is 4.93. The third kappa shape index (κ3) is 1.97. The van der Waals surface area contributed by atoms with Crippen molar-refractivity contribution in [2.24, 2.45) is 0 Å². The Balaban J connectivity index is 2.46. The zero-order valence-electron chi connectivity index (χ0n) is 8.07. The molecule has 0 saturated carbocycles. The highest BCUT2D eigenvalue weighted by Gasteiger charge is 2.07. The van der Waals surface area contributed by atoms with Crippen molar-refractivity contribution >= 4 is 28.6 Å². The predicted octanol–water partition coefficient (Wildman–Crippen LogP) is 1.67. The first-order valence-electron chi connectivity index (χ1n) is 4.36. The van der Waals surface area contributed by atoms with E-state index in [0.717, 1.165) is 0 Å². The number of benzene rings is 1. The minimum Gasteiger partial charge on any atom is -0.408 e. The molecular formula is C10H9NO3S. The van der Waals surface area contributed by atoms with Crippen LogP contribution in [0.4, 0.5) is 0 Å². The first-order chi connectivity index (χ1) is 7.20. The third-order valence-electron chi connectivity index (χ3n) is 2.02. The van der Waals surface area contributed by atoms with Crippen molar-refractivity contribution in [1.82, 2.24) is 4.98 Å². The highest BCUT2D eigenvalue weighted by atomic mass is 32.2. The summed E-state index contributed by atoms with van der Waals surface area (Å²) in [5.41, 5.74) is 1.63. The number of carbonyl (C=O) groups is 1. The van der Waals surface area contributed by atoms with Gasteiger partial charge in [-0.25, -0.2) is 4.79 Å². The van der Waals surface area contributed by atoms with Crippen molar-refractivity contribution in [2.75, 3.05) is 12.0 Å². The van der Waals surface area contributed by atoms with Gasteiger partial charge in [-0.3, -0.25) is 9.78 Å². The Morgan fingerprint density at radius 2 is 2.33 bits per heavy atom. The number of rotatable bonds is 3. The fourth-order valence-corrected chi connectivity index (χ4v) is 1.77. The fraction of sp³-hybridized carbons (Fsp3) is 0.200. The van der Waals surface area contributed by atoms with Crippen molar-refractivity contribution in [2.45, 2.75) is 0 Å². The predicted molar refractivity (Wildman–Crippen MR) is 59.5 cm³/mol. The van der Waals surface area contributed by atoms with Crippen molar-refractivity contribution in [1.29, 1.82) is 0 Å². The molecule has 1 aromatic heterocycles. The number of carbonyl (C=O) groups excluding carboxylic acids is 1. The number of H-pyrrole nitrogens is 1. The quantitative estimate of drug-likeness (QED) is 0.804. The average Bonchev–Trinajstić information content (AvgIpc) is 2.57. The molecule has 78 valence electrons. The smallest absolute Gasteiger partial charge is 0.408 e. The SMILES string of the molecule is CSCC(=O)c1ccc2oc(=O)[nH]c2c1. The van der Waals surface area contributed by atoms with Gasteiger partial charge >= 0.3 is 5.76 Å². The Bertz CT molecular complexity index is 555. The molecule has 4 nitrogen and oxygen atoms in total. The van der Waals surface area contributed by atoms with Crippen LogP contribution in [0, 0.1) is 0 Å². The first kappa shape index (κ1) is 10.0. The van der Waals surface area contributed by atoms with Crippen LogP contribution in [-0.2, 0) is 0 Å². The molecule has 1 N–H and O–H groups in total. The summed E-state index contributed by atoms with van der Waals surface area (Å²) in [6.07, 6.45) is 1.87. The molecule has 0 saturated heterocycles. The van der Waals surface area contributed by atoms with Crippen molar-refractivity contribution < 1.29 is 9.21 Å². The lowest BCUT2D eigenvalue weighted by atomic mass is 10.1. The molecule has 0 spiro atoms. The van der Waals surface area contributed by atoms with Gasteiger partial charge in [0, 0.05) is 5.56 Å². The molecule has 0 fully saturated rings. The van der Waals surface area contributed by atoms with Gasteiger partial charge in [0.1, 0.15) is 0 Å². The maximum absolute atomic E-state index is 11.6. The zero-order chi connectivity index (χ0) is 10.8. The van der Waals surface area contributed by atoms with Crippen molar-refractivity contribution in [3.05, 3.63) is 34.3 Å². The van der Waals surface area contributed by atoms with Gasteiger partial charge in [0.25, 0.3) is 0 Å². The van der Waals surface area contributed by atoms with E-state index in [0.29, 0.717) is 22.4 Å². The van der Waals surface area contributed by atoms with Gasteiger partial charge in [-0.15, -0.1) is 0 Å². The molecule has 0 aliphatic carbocycles. The van der Waals surface area contributed by atoms with E-state index in [4.69, 9.17) is 4.42 Å². The maximum Gasteiger partial charge on any atom is 0.417 e. The molecule has 5 heteroatoms. The number of aromatic nitrogens is 1. The van der Waals surface area contributed by atoms with Gasteiger partial charge in [-0.2, -0.15) is 11.8 Å². The van der Waals surface area contributed by atoms with Gasteiger partial charge in [0.15, 0.2) is 11.4 Å². The minimum atomic E-state index is -0.500. The van der Waals surface area contributed by atoms with E-state index in [1.807, 2.05) is 6.26 Å². The van der Waals surface area contributed by atoms with Crippen molar-refractivity contribution in [3.63, 3.8) is 0 Å². The van der Waals surface area contributed by atoms with Gasteiger partial charge in [-0.05, 0) is 24.5 Å². The van der Waals surface area contributed by atoms with Crippen LogP contribution in [-0.4, -0.2) is 22.8 Å². The summed E-state index contributed by atoms with van der Waals surface area (Å²) < 4.78 is 4.83. The number of ketones is 1. The molecule has 0 bridgehead atoms. The van der Waals surface area contributed by atoms with Crippen LogP contribution in [0.5, 0.6) is 0 Å². The lowest BCUT2D eigenvalue weighted by molar-refractivity contribution is 0.102. The van der Waals surface area contributed by atoms with Crippen LogP contribution in [0.3, 0.4) is 0 Å². The summed E-state index contributed by atoms with van der Waals surface area (Å²) in [4.78, 5) is 25.0. The molecule has 0 aliphatic heterocycles. The second-order valence-electron chi connectivity index (χ2n) is 3.08.